The molecule has 2 aromatic carbocycles. The first-order chi connectivity index (χ1) is 13.5. The highest BCUT2D eigenvalue weighted by atomic mass is 16.5. The van der Waals surface area contributed by atoms with E-state index >= 15 is 0 Å². The average Bonchev–Trinajstić information content (AvgIpc) is 3.01. The van der Waals surface area contributed by atoms with Crippen molar-refractivity contribution in [3.63, 3.8) is 0 Å². The molecule has 144 valence electrons. The van der Waals surface area contributed by atoms with Gasteiger partial charge in [0.25, 0.3) is 11.8 Å². The second-order valence-corrected chi connectivity index (χ2v) is 6.32. The second-order valence-electron chi connectivity index (χ2n) is 6.32. The van der Waals surface area contributed by atoms with Gasteiger partial charge in [0, 0.05) is 22.6 Å². The van der Waals surface area contributed by atoms with Crippen LogP contribution in [0.15, 0.2) is 60.7 Å². The van der Waals surface area contributed by atoms with Gasteiger partial charge >= 0.3 is 0 Å². The first kappa shape index (κ1) is 19.2. The molecule has 0 atom stereocenters. The molecule has 0 radical (unpaired) electrons. The Morgan fingerprint density at radius 2 is 1.57 bits per heavy atom. The van der Waals surface area contributed by atoms with Crippen LogP contribution in [-0.4, -0.2) is 23.0 Å². The molecular formula is C22H23N3O3. The van der Waals surface area contributed by atoms with Crippen LogP contribution >= 0.6 is 0 Å². The fourth-order valence-corrected chi connectivity index (χ4v) is 3.09. The summed E-state index contributed by atoms with van der Waals surface area (Å²) in [5.41, 5.74) is 8.60. The zero-order valence-electron chi connectivity index (χ0n) is 16.2. The van der Waals surface area contributed by atoms with Crippen molar-refractivity contribution in [1.29, 1.82) is 0 Å². The maximum atomic E-state index is 12.6. The lowest BCUT2D eigenvalue weighted by atomic mass is 10.2. The predicted octanol–water partition coefficient (Wildman–Crippen LogP) is 3.57. The van der Waals surface area contributed by atoms with Crippen molar-refractivity contribution in [3.8, 4) is 11.4 Å². The van der Waals surface area contributed by atoms with E-state index in [2.05, 4.69) is 10.9 Å². The molecule has 1 heterocycles. The molecule has 3 rings (SSSR count). The summed E-state index contributed by atoms with van der Waals surface area (Å²) in [5.74, 6) is -0.0701. The van der Waals surface area contributed by atoms with Gasteiger partial charge in [0.15, 0.2) is 0 Å². The Kier molecular flexibility index (Phi) is 5.79. The number of para-hydroxylation sites is 1. The number of hydrazine groups is 1. The van der Waals surface area contributed by atoms with E-state index in [1.54, 1.807) is 30.3 Å². The molecule has 0 fully saturated rings. The number of nitrogens with zero attached hydrogens (tertiary/aromatic N) is 1. The van der Waals surface area contributed by atoms with Crippen LogP contribution in [0, 0.1) is 13.8 Å². The van der Waals surface area contributed by atoms with Crippen molar-refractivity contribution in [1.82, 2.24) is 15.4 Å². The number of benzene rings is 2. The smallest absolute Gasteiger partial charge is 0.271 e. The zero-order chi connectivity index (χ0) is 20.1. The van der Waals surface area contributed by atoms with Crippen LogP contribution < -0.4 is 15.6 Å². The molecule has 2 N–H and O–H groups in total. The maximum Gasteiger partial charge on any atom is 0.271 e. The molecule has 1 aromatic heterocycles. The number of amides is 2. The van der Waals surface area contributed by atoms with Gasteiger partial charge in [0.05, 0.1) is 12.2 Å². The van der Waals surface area contributed by atoms with Gasteiger partial charge in [-0.05, 0) is 63.2 Å². The Balaban J connectivity index is 1.69. The summed E-state index contributed by atoms with van der Waals surface area (Å²) in [6, 6.07) is 18.3. The molecule has 6 heteroatoms. The van der Waals surface area contributed by atoms with E-state index in [1.807, 2.05) is 55.7 Å². The van der Waals surface area contributed by atoms with E-state index in [9.17, 15) is 9.59 Å². The summed E-state index contributed by atoms with van der Waals surface area (Å²) in [6.07, 6.45) is 0. The number of hydrogen-bond donors (Lipinski definition) is 2. The fourth-order valence-electron chi connectivity index (χ4n) is 3.09. The summed E-state index contributed by atoms with van der Waals surface area (Å²) < 4.78 is 7.36. The maximum absolute atomic E-state index is 12.6. The molecule has 0 saturated heterocycles. The Morgan fingerprint density at radius 3 is 2.21 bits per heavy atom. The summed E-state index contributed by atoms with van der Waals surface area (Å²) in [7, 11) is 0. The van der Waals surface area contributed by atoms with Gasteiger partial charge < -0.3 is 9.30 Å². The highest BCUT2D eigenvalue weighted by Gasteiger charge is 2.17. The topological polar surface area (TPSA) is 72.4 Å². The Hall–Kier alpha value is -3.54. The van der Waals surface area contributed by atoms with Crippen LogP contribution in [0.3, 0.4) is 0 Å². The largest absolute Gasteiger partial charge is 0.494 e. The van der Waals surface area contributed by atoms with E-state index in [0.29, 0.717) is 23.5 Å². The summed E-state index contributed by atoms with van der Waals surface area (Å²) in [4.78, 5) is 24.8. The summed E-state index contributed by atoms with van der Waals surface area (Å²) in [6.45, 7) is 6.27. The second kappa shape index (κ2) is 8.43. The third-order valence-corrected chi connectivity index (χ3v) is 4.41. The van der Waals surface area contributed by atoms with Crippen molar-refractivity contribution in [2.45, 2.75) is 20.8 Å². The number of carbonyl (C=O) groups excluding carboxylic acids is 2. The van der Waals surface area contributed by atoms with E-state index in [0.717, 1.165) is 17.1 Å². The average molecular weight is 377 g/mol. The minimum absolute atomic E-state index is 0.366. The normalized spacial score (nSPS) is 10.4. The SMILES string of the molecule is CCOc1ccc(C(=O)NNC(=O)c2cc(C)n(-c3ccccc3)c2C)cc1. The van der Waals surface area contributed by atoms with Gasteiger partial charge in [0.1, 0.15) is 5.75 Å². The predicted molar refractivity (Wildman–Crippen MR) is 108 cm³/mol. The van der Waals surface area contributed by atoms with E-state index in [4.69, 9.17) is 4.74 Å². The molecule has 0 unspecified atom stereocenters. The highest BCUT2D eigenvalue weighted by Crippen LogP contribution is 2.20. The molecule has 0 aliphatic heterocycles. The van der Waals surface area contributed by atoms with Gasteiger partial charge in [0.2, 0.25) is 0 Å². The summed E-state index contributed by atoms with van der Waals surface area (Å²) in [5, 5.41) is 0. The molecule has 28 heavy (non-hydrogen) atoms. The van der Waals surface area contributed by atoms with Crippen molar-refractivity contribution in [2.24, 2.45) is 0 Å². The first-order valence-corrected chi connectivity index (χ1v) is 9.09. The quantitative estimate of drug-likeness (QED) is 0.668. The molecule has 0 aliphatic carbocycles. The Bertz CT molecular complexity index is 976. The first-order valence-electron chi connectivity index (χ1n) is 9.09. The summed E-state index contributed by atoms with van der Waals surface area (Å²) >= 11 is 0. The van der Waals surface area contributed by atoms with Crippen LogP contribution in [-0.2, 0) is 0 Å². The number of nitrogens with one attached hydrogen (secondary N) is 2. The zero-order valence-corrected chi connectivity index (χ0v) is 16.2. The molecule has 6 nitrogen and oxygen atoms in total. The molecule has 0 aliphatic rings. The van der Waals surface area contributed by atoms with Gasteiger partial charge in [-0.15, -0.1) is 0 Å². The minimum atomic E-state index is -0.395. The Morgan fingerprint density at radius 1 is 0.929 bits per heavy atom. The van der Waals surface area contributed by atoms with Crippen molar-refractivity contribution >= 4 is 11.8 Å². The Labute approximate surface area is 164 Å². The third-order valence-electron chi connectivity index (χ3n) is 4.41. The molecule has 0 spiro atoms. The minimum Gasteiger partial charge on any atom is -0.494 e. The lowest BCUT2D eigenvalue weighted by molar-refractivity contribution is 0.0846. The van der Waals surface area contributed by atoms with Crippen LogP contribution in [0.1, 0.15) is 39.0 Å². The van der Waals surface area contributed by atoms with Gasteiger partial charge in [-0.3, -0.25) is 20.4 Å². The highest BCUT2D eigenvalue weighted by molar-refractivity contribution is 6.00. The molecule has 0 saturated carbocycles. The molecule has 0 bridgehead atoms. The van der Waals surface area contributed by atoms with Gasteiger partial charge in [-0.1, -0.05) is 18.2 Å². The molecule has 3 aromatic rings. The van der Waals surface area contributed by atoms with Crippen LogP contribution in [0.5, 0.6) is 5.75 Å². The molecule has 2 amide bonds. The van der Waals surface area contributed by atoms with E-state index in [-0.39, 0.29) is 5.91 Å². The standard InChI is InChI=1S/C22H23N3O3/c1-4-28-19-12-10-17(11-13-19)21(26)23-24-22(27)20-14-15(2)25(16(20)3)18-8-6-5-7-9-18/h5-14H,4H2,1-3H3,(H,23,26)(H,24,27). The number of ether oxygens (including phenoxy) is 1. The fraction of sp³-hybridized carbons (Fsp3) is 0.182. The van der Waals surface area contributed by atoms with Crippen LogP contribution in [0.2, 0.25) is 0 Å². The molecular weight excluding hydrogens is 354 g/mol. The number of aromatic nitrogens is 1. The number of rotatable bonds is 5. The number of hydrogen-bond acceptors (Lipinski definition) is 3. The van der Waals surface area contributed by atoms with Gasteiger partial charge in [-0.25, -0.2) is 0 Å². The monoisotopic (exact) mass is 377 g/mol. The third kappa shape index (κ3) is 4.06. The van der Waals surface area contributed by atoms with Crippen LogP contribution in [0.25, 0.3) is 5.69 Å². The van der Waals surface area contributed by atoms with E-state index in [1.165, 1.54) is 0 Å². The van der Waals surface area contributed by atoms with Crippen LogP contribution in [0.4, 0.5) is 0 Å². The lowest BCUT2D eigenvalue weighted by Crippen LogP contribution is -2.41. The lowest BCUT2D eigenvalue weighted by Gasteiger charge is -2.10. The van der Waals surface area contributed by atoms with Gasteiger partial charge in [-0.2, -0.15) is 0 Å². The van der Waals surface area contributed by atoms with E-state index < -0.39 is 5.91 Å². The van der Waals surface area contributed by atoms with Crippen molar-refractivity contribution in [3.05, 3.63) is 83.2 Å². The number of aryl methyl sites for hydroxylation is 1. The number of carbonyl (C=O) groups is 2. The van der Waals surface area contributed by atoms with Crippen molar-refractivity contribution < 1.29 is 14.3 Å². The van der Waals surface area contributed by atoms with Crippen molar-refractivity contribution in [2.75, 3.05) is 6.61 Å².